The van der Waals surface area contributed by atoms with E-state index in [2.05, 4.69) is 31.7 Å². The van der Waals surface area contributed by atoms with E-state index in [1.807, 2.05) is 0 Å². The molecular formula is C12H20N5O11P3S2. The number of imidazole rings is 1. The van der Waals surface area contributed by atoms with Gasteiger partial charge in [-0.2, -0.15) is 0 Å². The maximum atomic E-state index is 11.9. The number of aliphatic hydroxyl groups is 2. The molecule has 0 bridgehead atoms. The van der Waals surface area contributed by atoms with E-state index in [9.17, 15) is 29.1 Å². The number of nitrogens with zero attached hydrogens (tertiary/aromatic N) is 4. The first-order valence-electron chi connectivity index (χ1n) is 8.76. The van der Waals surface area contributed by atoms with Crippen molar-refractivity contribution >= 4 is 61.9 Å². The van der Waals surface area contributed by atoms with Gasteiger partial charge in [-0.15, -0.1) is 0 Å². The van der Waals surface area contributed by atoms with Crippen molar-refractivity contribution in [1.82, 2.24) is 19.5 Å². The molecule has 0 radical (unpaired) electrons. The second-order valence-corrected chi connectivity index (χ2v) is 14.5. The van der Waals surface area contributed by atoms with Crippen molar-refractivity contribution in [2.24, 2.45) is 0 Å². The Morgan fingerprint density at radius 1 is 1.12 bits per heavy atom. The molecule has 0 aromatic carbocycles. The standard InChI is InChI=1S/C12H20N5O11P3S2/c13-10-7-11(15-2-14-10)17(3-16-7)12-9(19)8(18)6(28-12)1-25-31(24,33)27-5-29(20,21)4-26-30(22,23)32/h2-3,6,8-9,12,18-19H,1,4-5H2,(H,20,21)(H,24,33)(H2,13,14,15)(H2,22,23,32)/t6-,8-,9-,12-,31?/m1/s1. The van der Waals surface area contributed by atoms with Crippen LogP contribution < -0.4 is 5.73 Å². The maximum absolute atomic E-state index is 11.9. The zero-order valence-electron chi connectivity index (χ0n) is 16.3. The Balaban J connectivity index is 1.59. The highest BCUT2D eigenvalue weighted by Gasteiger charge is 2.45. The maximum Gasteiger partial charge on any atom is 0.384 e. The SMILES string of the molecule is Nc1ncnc2c1ncn2[C@@H]1O[C@H](COP(O)(=S)OCP(=O)(O)COP(=O)(O)S)[C@@H](O)[C@H]1O. The number of aromatic nitrogens is 4. The summed E-state index contributed by atoms with van der Waals surface area (Å²) in [4.78, 5) is 40.5. The lowest BCUT2D eigenvalue weighted by Crippen LogP contribution is -2.33. The summed E-state index contributed by atoms with van der Waals surface area (Å²) in [5.74, 6) is 0.104. The van der Waals surface area contributed by atoms with E-state index in [1.165, 1.54) is 17.2 Å². The molecule has 7 N–H and O–H groups in total. The number of ether oxygens (including phenoxy) is 1. The molecule has 186 valence electrons. The largest absolute Gasteiger partial charge is 0.387 e. The number of hydrogen-bond donors (Lipinski definition) is 7. The van der Waals surface area contributed by atoms with Gasteiger partial charge in [-0.25, -0.2) is 19.5 Å². The van der Waals surface area contributed by atoms with Crippen molar-refractivity contribution in [3.63, 3.8) is 0 Å². The molecule has 0 aliphatic carbocycles. The zero-order chi connectivity index (χ0) is 24.6. The third kappa shape index (κ3) is 6.99. The summed E-state index contributed by atoms with van der Waals surface area (Å²) in [6, 6.07) is 0. The molecule has 0 spiro atoms. The van der Waals surface area contributed by atoms with Gasteiger partial charge in [-0.3, -0.25) is 18.2 Å². The minimum Gasteiger partial charge on any atom is -0.387 e. The lowest BCUT2D eigenvalue weighted by molar-refractivity contribution is -0.0491. The Morgan fingerprint density at radius 2 is 1.79 bits per heavy atom. The van der Waals surface area contributed by atoms with Gasteiger partial charge in [0.15, 0.2) is 17.7 Å². The third-order valence-electron chi connectivity index (χ3n) is 4.25. The van der Waals surface area contributed by atoms with Gasteiger partial charge in [0.1, 0.15) is 42.9 Å². The van der Waals surface area contributed by atoms with E-state index in [0.717, 1.165) is 0 Å². The Labute approximate surface area is 196 Å². The van der Waals surface area contributed by atoms with E-state index < -0.39 is 64.7 Å². The van der Waals surface area contributed by atoms with Crippen molar-refractivity contribution in [1.29, 1.82) is 0 Å². The van der Waals surface area contributed by atoms with Crippen LogP contribution in [0.3, 0.4) is 0 Å². The molecular weight excluding hydrogens is 547 g/mol. The number of nitrogen functional groups attached to an aromatic ring is 1. The summed E-state index contributed by atoms with van der Waals surface area (Å²) in [6.07, 6.45) is -4.91. The van der Waals surface area contributed by atoms with Gasteiger partial charge in [0, 0.05) is 0 Å². The van der Waals surface area contributed by atoms with Crippen LogP contribution in [-0.4, -0.2) is 82.0 Å². The molecule has 3 heterocycles. The average Bonchev–Trinajstić information content (AvgIpc) is 3.26. The molecule has 2 aromatic rings. The number of thiol groups is 1. The van der Waals surface area contributed by atoms with Crippen molar-refractivity contribution in [2.45, 2.75) is 24.5 Å². The van der Waals surface area contributed by atoms with Crippen LogP contribution in [0.1, 0.15) is 6.23 Å². The summed E-state index contributed by atoms with van der Waals surface area (Å²) in [7, 11) is -4.28. The predicted octanol–water partition coefficient (Wildman–Crippen LogP) is -0.490. The number of fused-ring (bicyclic) bond motifs is 1. The molecule has 1 saturated heterocycles. The van der Waals surface area contributed by atoms with Crippen LogP contribution in [-0.2, 0) is 39.2 Å². The Hall–Kier alpha value is -0.550. The minimum atomic E-state index is -4.30. The van der Waals surface area contributed by atoms with Gasteiger partial charge >= 0.3 is 13.5 Å². The third-order valence-corrected chi connectivity index (χ3v) is 8.10. The molecule has 3 rings (SSSR count). The van der Waals surface area contributed by atoms with Crippen molar-refractivity contribution < 1.29 is 52.3 Å². The molecule has 2 aromatic heterocycles. The topological polar surface area (TPSA) is 242 Å². The van der Waals surface area contributed by atoms with Crippen molar-refractivity contribution in [3.8, 4) is 0 Å². The van der Waals surface area contributed by atoms with E-state index in [-0.39, 0.29) is 17.0 Å². The molecule has 1 aliphatic heterocycles. The summed E-state index contributed by atoms with van der Waals surface area (Å²) in [6.45, 7) is -8.97. The Kier molecular flexibility index (Phi) is 8.36. The quantitative estimate of drug-likeness (QED) is 0.141. The van der Waals surface area contributed by atoms with Crippen LogP contribution in [0.4, 0.5) is 5.82 Å². The second kappa shape index (κ2) is 10.2. The highest BCUT2D eigenvalue weighted by Crippen LogP contribution is 2.55. The van der Waals surface area contributed by atoms with E-state index >= 15 is 0 Å². The van der Waals surface area contributed by atoms with Crippen LogP contribution in [0, 0.1) is 0 Å². The first kappa shape index (κ1) is 27.0. The number of hydrogen-bond acceptors (Lipinski definition) is 13. The number of anilines is 1. The van der Waals surface area contributed by atoms with Crippen molar-refractivity contribution in [3.05, 3.63) is 12.7 Å². The normalized spacial score (nSPS) is 28.9. The monoisotopic (exact) mass is 567 g/mol. The second-order valence-electron chi connectivity index (χ2n) is 6.75. The zero-order valence-corrected chi connectivity index (χ0v) is 20.7. The smallest absolute Gasteiger partial charge is 0.384 e. The molecule has 21 heteroatoms. The number of rotatable bonds is 10. The summed E-state index contributed by atoms with van der Waals surface area (Å²) in [5, 5.41) is 20.7. The van der Waals surface area contributed by atoms with Gasteiger partial charge in [-0.1, -0.05) is 12.2 Å². The number of aliphatic hydroxyl groups excluding tert-OH is 2. The molecule has 33 heavy (non-hydrogen) atoms. The predicted molar refractivity (Wildman–Crippen MR) is 119 cm³/mol. The van der Waals surface area contributed by atoms with Gasteiger partial charge in [0.05, 0.1) is 12.9 Å². The van der Waals surface area contributed by atoms with E-state index in [0.29, 0.717) is 0 Å². The van der Waals surface area contributed by atoms with E-state index in [1.54, 1.807) is 0 Å². The molecule has 0 saturated carbocycles. The minimum absolute atomic E-state index is 0.104. The fraction of sp³-hybridized carbons (Fsp3) is 0.583. The first-order chi connectivity index (χ1) is 15.2. The molecule has 0 amide bonds. The molecule has 7 atom stereocenters. The van der Waals surface area contributed by atoms with Gasteiger partial charge in [-0.05, 0) is 11.8 Å². The molecule has 1 aliphatic rings. The highest BCUT2D eigenvalue weighted by atomic mass is 32.7. The van der Waals surface area contributed by atoms with Crippen LogP contribution in [0.2, 0.25) is 0 Å². The van der Waals surface area contributed by atoms with Crippen LogP contribution in [0.25, 0.3) is 11.2 Å². The Bertz CT molecular complexity index is 1150. The first-order valence-corrected chi connectivity index (χ1v) is 16.1. The van der Waals surface area contributed by atoms with Gasteiger partial charge in [0.25, 0.3) is 7.37 Å². The van der Waals surface area contributed by atoms with Crippen molar-refractivity contribution in [2.75, 3.05) is 25.0 Å². The summed E-state index contributed by atoms with van der Waals surface area (Å²) in [5.41, 5.74) is 6.23. The highest BCUT2D eigenvalue weighted by molar-refractivity contribution is 8.44. The lowest BCUT2D eigenvalue weighted by atomic mass is 10.1. The molecule has 3 unspecified atom stereocenters. The lowest BCUT2D eigenvalue weighted by Gasteiger charge is -2.21. The summed E-state index contributed by atoms with van der Waals surface area (Å²) >= 11 is 7.94. The fourth-order valence-electron chi connectivity index (χ4n) is 2.72. The van der Waals surface area contributed by atoms with Gasteiger partial charge in [0.2, 0.25) is 0 Å². The fourth-order valence-corrected chi connectivity index (χ4v) is 6.91. The van der Waals surface area contributed by atoms with Crippen LogP contribution in [0.5, 0.6) is 0 Å². The average molecular weight is 567 g/mol. The van der Waals surface area contributed by atoms with Crippen LogP contribution in [0.15, 0.2) is 12.7 Å². The molecule has 1 fully saturated rings. The number of nitrogens with two attached hydrogens (primary N) is 1. The van der Waals surface area contributed by atoms with Crippen LogP contribution >= 0.6 is 33.1 Å². The van der Waals surface area contributed by atoms with E-state index in [4.69, 9.17) is 36.2 Å². The summed E-state index contributed by atoms with van der Waals surface area (Å²) < 4.78 is 43.8. The molecule has 16 nitrogen and oxygen atoms in total. The Morgan fingerprint density at radius 3 is 2.45 bits per heavy atom. The van der Waals surface area contributed by atoms with Gasteiger partial charge < -0.3 is 39.9 Å².